The number of aromatic nitrogens is 3. The number of rotatable bonds is 9. The molecule has 3 rings (SSSR count). The number of hydrogen-bond acceptors (Lipinski definition) is 5. The van der Waals surface area contributed by atoms with Gasteiger partial charge in [0, 0.05) is 36.1 Å². The van der Waals surface area contributed by atoms with Gasteiger partial charge in [0.1, 0.15) is 11.5 Å². The minimum Gasteiger partial charge on any atom is -0.494 e. The fraction of sp³-hybridized carbons (Fsp3) is 0.300. The first-order valence-electron chi connectivity index (χ1n) is 8.80. The van der Waals surface area contributed by atoms with Gasteiger partial charge >= 0.3 is 0 Å². The van der Waals surface area contributed by atoms with Gasteiger partial charge in [-0.05, 0) is 43.7 Å². The number of ether oxygens (including phenoxy) is 2. The second-order valence-electron chi connectivity index (χ2n) is 6.01. The fourth-order valence-electron chi connectivity index (χ4n) is 2.47. The van der Waals surface area contributed by atoms with Gasteiger partial charge in [0.15, 0.2) is 0 Å². The van der Waals surface area contributed by atoms with Gasteiger partial charge in [-0.3, -0.25) is 5.10 Å². The van der Waals surface area contributed by atoms with Crippen molar-refractivity contribution >= 4 is 0 Å². The van der Waals surface area contributed by atoms with E-state index < -0.39 is 0 Å². The van der Waals surface area contributed by atoms with Crippen LogP contribution < -0.4 is 14.8 Å². The maximum atomic E-state index is 5.96. The Morgan fingerprint density at radius 2 is 1.81 bits per heavy atom. The van der Waals surface area contributed by atoms with E-state index in [0.717, 1.165) is 41.3 Å². The molecule has 0 spiro atoms. The lowest BCUT2D eigenvalue weighted by Crippen LogP contribution is -2.13. The molecule has 136 valence electrons. The molecule has 0 radical (unpaired) electrons. The molecule has 2 heterocycles. The molecule has 0 bridgehead atoms. The van der Waals surface area contributed by atoms with Crippen LogP contribution in [0, 0.1) is 6.92 Å². The number of hydrogen-bond donors (Lipinski definition) is 2. The highest BCUT2D eigenvalue weighted by Gasteiger charge is 2.07. The molecule has 0 amide bonds. The Labute approximate surface area is 153 Å². The van der Waals surface area contributed by atoms with E-state index in [1.54, 1.807) is 6.20 Å². The molecule has 0 saturated heterocycles. The van der Waals surface area contributed by atoms with Crippen molar-refractivity contribution in [3.63, 3.8) is 0 Å². The van der Waals surface area contributed by atoms with E-state index in [-0.39, 0.29) is 0 Å². The zero-order valence-corrected chi connectivity index (χ0v) is 15.2. The minimum absolute atomic E-state index is 0.603. The van der Waals surface area contributed by atoms with Crippen molar-refractivity contribution in [3.8, 4) is 17.4 Å². The number of H-pyrrole nitrogens is 1. The molecular weight excluding hydrogens is 328 g/mol. The topological polar surface area (TPSA) is 72.1 Å². The van der Waals surface area contributed by atoms with E-state index in [9.17, 15) is 0 Å². The molecule has 6 nitrogen and oxygen atoms in total. The third-order valence-electron chi connectivity index (χ3n) is 3.93. The number of aryl methyl sites for hydroxylation is 1. The van der Waals surface area contributed by atoms with Crippen molar-refractivity contribution in [3.05, 3.63) is 65.6 Å². The lowest BCUT2D eigenvalue weighted by atomic mass is 10.2. The van der Waals surface area contributed by atoms with Crippen LogP contribution in [-0.2, 0) is 13.1 Å². The summed E-state index contributed by atoms with van der Waals surface area (Å²) < 4.78 is 11.5. The summed E-state index contributed by atoms with van der Waals surface area (Å²) in [5.41, 5.74) is 3.23. The molecule has 0 unspecified atom stereocenters. The first-order valence-corrected chi connectivity index (χ1v) is 8.80. The summed E-state index contributed by atoms with van der Waals surface area (Å²) in [7, 11) is 0. The zero-order chi connectivity index (χ0) is 18.2. The number of aromatic amines is 1. The summed E-state index contributed by atoms with van der Waals surface area (Å²) in [4.78, 5) is 4.37. The van der Waals surface area contributed by atoms with Gasteiger partial charge in [-0.1, -0.05) is 13.0 Å². The molecule has 2 aromatic heterocycles. The highest BCUT2D eigenvalue weighted by Crippen LogP contribution is 2.25. The lowest BCUT2D eigenvalue weighted by molar-refractivity contribution is 0.317. The molecule has 0 atom stereocenters. The molecule has 0 aliphatic heterocycles. The Morgan fingerprint density at radius 1 is 1.04 bits per heavy atom. The van der Waals surface area contributed by atoms with Crippen LogP contribution in [0.25, 0.3) is 0 Å². The Morgan fingerprint density at radius 3 is 2.54 bits per heavy atom. The Balaban J connectivity index is 1.60. The molecule has 6 heteroatoms. The van der Waals surface area contributed by atoms with Crippen molar-refractivity contribution in [2.45, 2.75) is 33.4 Å². The Bertz CT molecular complexity index is 815. The van der Waals surface area contributed by atoms with Gasteiger partial charge in [0.05, 0.1) is 12.8 Å². The van der Waals surface area contributed by atoms with Gasteiger partial charge in [0.25, 0.3) is 0 Å². The maximum absolute atomic E-state index is 5.96. The highest BCUT2D eigenvalue weighted by molar-refractivity contribution is 5.36. The second kappa shape index (κ2) is 9.01. The van der Waals surface area contributed by atoms with Crippen LogP contribution in [0.3, 0.4) is 0 Å². The average Bonchev–Trinajstić information content (AvgIpc) is 3.07. The van der Waals surface area contributed by atoms with E-state index in [0.29, 0.717) is 19.0 Å². The van der Waals surface area contributed by atoms with Crippen LogP contribution in [0.5, 0.6) is 17.4 Å². The van der Waals surface area contributed by atoms with Gasteiger partial charge in [-0.2, -0.15) is 5.10 Å². The van der Waals surface area contributed by atoms with Gasteiger partial charge < -0.3 is 14.8 Å². The number of pyridine rings is 1. The summed E-state index contributed by atoms with van der Waals surface area (Å²) >= 11 is 0. The quantitative estimate of drug-likeness (QED) is 0.609. The smallest absolute Gasteiger partial charge is 0.223 e. The van der Waals surface area contributed by atoms with E-state index in [1.165, 1.54) is 0 Å². The Hall–Kier alpha value is -2.86. The molecule has 2 N–H and O–H groups in total. The predicted molar refractivity (Wildman–Crippen MR) is 100 cm³/mol. The van der Waals surface area contributed by atoms with Gasteiger partial charge in [0.2, 0.25) is 5.88 Å². The maximum Gasteiger partial charge on any atom is 0.223 e. The Kier molecular flexibility index (Phi) is 6.22. The van der Waals surface area contributed by atoms with Crippen molar-refractivity contribution in [1.29, 1.82) is 0 Å². The summed E-state index contributed by atoms with van der Waals surface area (Å²) in [6.45, 7) is 6.20. The largest absolute Gasteiger partial charge is 0.494 e. The molecule has 0 saturated carbocycles. The summed E-state index contributed by atoms with van der Waals surface area (Å²) in [6.07, 6.45) is 4.56. The first kappa shape index (κ1) is 17.9. The standard InChI is InChI=1S/C20H24N4O2/c1-3-11-25-18-6-8-19(9-7-18)26-20-16(5-4-10-22-20)12-21-13-17-14-23-24-15(17)2/h4-10,14,21H,3,11-13H2,1-2H3,(H,23,24). The van der Waals surface area contributed by atoms with Gasteiger partial charge in [-0.15, -0.1) is 0 Å². The normalized spacial score (nSPS) is 10.7. The summed E-state index contributed by atoms with van der Waals surface area (Å²) in [6, 6.07) is 11.5. The zero-order valence-electron chi connectivity index (χ0n) is 15.2. The number of benzene rings is 1. The monoisotopic (exact) mass is 352 g/mol. The molecule has 26 heavy (non-hydrogen) atoms. The van der Waals surface area contributed by atoms with Crippen LogP contribution >= 0.6 is 0 Å². The molecular formula is C20H24N4O2. The highest BCUT2D eigenvalue weighted by atomic mass is 16.5. The summed E-state index contributed by atoms with van der Waals surface area (Å²) in [5.74, 6) is 2.18. The first-order chi connectivity index (χ1) is 12.8. The molecule has 0 fully saturated rings. The molecule has 0 aliphatic rings. The minimum atomic E-state index is 0.603. The second-order valence-corrected chi connectivity index (χ2v) is 6.01. The van der Waals surface area contributed by atoms with E-state index in [2.05, 4.69) is 27.4 Å². The van der Waals surface area contributed by atoms with Crippen LogP contribution in [0.15, 0.2) is 48.8 Å². The van der Waals surface area contributed by atoms with Crippen molar-refractivity contribution in [1.82, 2.24) is 20.5 Å². The van der Waals surface area contributed by atoms with Crippen LogP contribution in [-0.4, -0.2) is 21.8 Å². The van der Waals surface area contributed by atoms with Gasteiger partial charge in [-0.25, -0.2) is 4.98 Å². The SMILES string of the molecule is CCCOc1ccc(Oc2ncccc2CNCc2cn[nH]c2C)cc1. The van der Waals surface area contributed by atoms with E-state index in [1.807, 2.05) is 49.5 Å². The van der Waals surface area contributed by atoms with Crippen LogP contribution in [0.2, 0.25) is 0 Å². The van der Waals surface area contributed by atoms with Crippen molar-refractivity contribution in [2.75, 3.05) is 6.61 Å². The lowest BCUT2D eigenvalue weighted by Gasteiger charge is -2.11. The fourth-order valence-corrected chi connectivity index (χ4v) is 2.47. The number of nitrogens with zero attached hydrogens (tertiary/aromatic N) is 2. The predicted octanol–water partition coefficient (Wildman–Crippen LogP) is 3.98. The van der Waals surface area contributed by atoms with E-state index >= 15 is 0 Å². The van der Waals surface area contributed by atoms with Crippen molar-refractivity contribution in [2.24, 2.45) is 0 Å². The van der Waals surface area contributed by atoms with Crippen LogP contribution in [0.4, 0.5) is 0 Å². The third kappa shape index (κ3) is 4.83. The molecule has 3 aromatic rings. The average molecular weight is 352 g/mol. The van der Waals surface area contributed by atoms with E-state index in [4.69, 9.17) is 9.47 Å². The molecule has 1 aromatic carbocycles. The molecule has 0 aliphatic carbocycles. The van der Waals surface area contributed by atoms with Crippen molar-refractivity contribution < 1.29 is 9.47 Å². The number of nitrogens with one attached hydrogen (secondary N) is 2. The summed E-state index contributed by atoms with van der Waals surface area (Å²) in [5, 5.41) is 10.4. The third-order valence-corrected chi connectivity index (χ3v) is 3.93. The van der Waals surface area contributed by atoms with Crippen LogP contribution in [0.1, 0.15) is 30.2 Å².